The number of halogens is 1. The second-order valence-corrected chi connectivity index (χ2v) is 5.56. The summed E-state index contributed by atoms with van der Waals surface area (Å²) in [6, 6.07) is 5.81. The molecular weight excluding hydrogens is 266 g/mol. The average Bonchev–Trinajstić information content (AvgIpc) is 2.35. The number of anilines is 1. The third-order valence-corrected chi connectivity index (χ3v) is 3.94. The first-order chi connectivity index (χ1) is 9.04. The summed E-state index contributed by atoms with van der Waals surface area (Å²) in [6.07, 6.45) is 0.418. The van der Waals surface area contributed by atoms with Crippen molar-refractivity contribution in [2.45, 2.75) is 44.6 Å². The number of benzene rings is 1. The van der Waals surface area contributed by atoms with Crippen LogP contribution in [0.1, 0.15) is 31.9 Å². The van der Waals surface area contributed by atoms with Gasteiger partial charge in [-0.2, -0.15) is 0 Å². The summed E-state index contributed by atoms with van der Waals surface area (Å²) in [5, 5.41) is 4.13. The summed E-state index contributed by atoms with van der Waals surface area (Å²) in [7, 11) is 0. The average molecular weight is 282 g/mol. The van der Waals surface area contributed by atoms with Crippen LogP contribution in [0.2, 0.25) is 5.02 Å². The van der Waals surface area contributed by atoms with Crippen LogP contribution in [0.3, 0.4) is 0 Å². The molecular formula is C14H16ClNO3. The molecule has 2 aliphatic heterocycles. The maximum absolute atomic E-state index is 11.2. The molecule has 0 saturated carbocycles. The van der Waals surface area contributed by atoms with Crippen LogP contribution < -0.4 is 5.32 Å². The standard InChI is InChI=1S/C14H16ClNO3/c1-7-14(19-8(2)17)12-6-13(18-7)10-5-9(15)3-4-11(10)16-12/h3-5,7,12-14,16H,6H2,1-2H3/t7-,12+,13+,14-/m0/s1. The van der Waals surface area contributed by atoms with E-state index in [1.165, 1.54) is 6.92 Å². The number of hydrogen-bond acceptors (Lipinski definition) is 4. The van der Waals surface area contributed by atoms with Gasteiger partial charge in [0.15, 0.2) is 0 Å². The van der Waals surface area contributed by atoms with Crippen LogP contribution in [0.4, 0.5) is 5.69 Å². The van der Waals surface area contributed by atoms with Gasteiger partial charge in [0.2, 0.25) is 0 Å². The Labute approximate surface area is 117 Å². The highest BCUT2D eigenvalue weighted by Gasteiger charge is 2.42. The van der Waals surface area contributed by atoms with Gasteiger partial charge in [-0.1, -0.05) is 11.6 Å². The van der Waals surface area contributed by atoms with Crippen molar-refractivity contribution in [1.82, 2.24) is 0 Å². The molecule has 5 heteroatoms. The minimum Gasteiger partial charge on any atom is -0.458 e. The summed E-state index contributed by atoms with van der Waals surface area (Å²) in [6.45, 7) is 3.36. The molecule has 0 aromatic heterocycles. The zero-order chi connectivity index (χ0) is 13.6. The molecule has 1 fully saturated rings. The molecule has 1 aromatic rings. The quantitative estimate of drug-likeness (QED) is 0.804. The van der Waals surface area contributed by atoms with Gasteiger partial charge >= 0.3 is 5.97 Å². The van der Waals surface area contributed by atoms with Gasteiger partial charge < -0.3 is 14.8 Å². The highest BCUT2D eigenvalue weighted by Crippen LogP contribution is 2.42. The molecule has 0 amide bonds. The van der Waals surface area contributed by atoms with E-state index in [0.29, 0.717) is 5.02 Å². The van der Waals surface area contributed by atoms with Crippen molar-refractivity contribution in [2.75, 3.05) is 5.32 Å². The number of carbonyl (C=O) groups excluding carboxylic acids is 1. The lowest BCUT2D eigenvalue weighted by molar-refractivity contribution is -0.170. The predicted molar refractivity (Wildman–Crippen MR) is 72.3 cm³/mol. The van der Waals surface area contributed by atoms with E-state index < -0.39 is 0 Å². The largest absolute Gasteiger partial charge is 0.458 e. The summed E-state index contributed by atoms with van der Waals surface area (Å²) in [4.78, 5) is 11.2. The monoisotopic (exact) mass is 281 g/mol. The van der Waals surface area contributed by atoms with E-state index in [1.54, 1.807) is 0 Å². The van der Waals surface area contributed by atoms with E-state index >= 15 is 0 Å². The van der Waals surface area contributed by atoms with Gasteiger partial charge in [0.1, 0.15) is 6.10 Å². The molecule has 1 saturated heterocycles. The molecule has 1 aromatic carbocycles. The second kappa shape index (κ2) is 4.69. The van der Waals surface area contributed by atoms with Crippen molar-refractivity contribution >= 4 is 23.3 Å². The van der Waals surface area contributed by atoms with Crippen LogP contribution in [0.5, 0.6) is 0 Å². The Morgan fingerprint density at radius 1 is 1.53 bits per heavy atom. The van der Waals surface area contributed by atoms with Crippen LogP contribution in [0, 0.1) is 0 Å². The Hall–Kier alpha value is -1.26. The minimum absolute atomic E-state index is 0.0155. The number of esters is 1. The molecule has 4 nitrogen and oxygen atoms in total. The number of carbonyl (C=O) groups is 1. The van der Waals surface area contributed by atoms with E-state index in [-0.39, 0.29) is 30.3 Å². The topological polar surface area (TPSA) is 47.6 Å². The molecule has 2 aliphatic rings. The summed E-state index contributed by atoms with van der Waals surface area (Å²) in [5.74, 6) is -0.275. The molecule has 2 bridgehead atoms. The van der Waals surface area contributed by atoms with Gasteiger partial charge in [0, 0.05) is 29.6 Å². The van der Waals surface area contributed by atoms with Gasteiger partial charge in [-0.05, 0) is 25.1 Å². The van der Waals surface area contributed by atoms with E-state index in [1.807, 2.05) is 25.1 Å². The first kappa shape index (κ1) is 12.8. The predicted octanol–water partition coefficient (Wildman–Crippen LogP) is 2.92. The Morgan fingerprint density at radius 3 is 3.05 bits per heavy atom. The Balaban J connectivity index is 1.91. The van der Waals surface area contributed by atoms with Crippen LogP contribution >= 0.6 is 11.6 Å². The minimum atomic E-state index is -0.275. The maximum atomic E-state index is 11.2. The van der Waals surface area contributed by atoms with Gasteiger partial charge in [-0.3, -0.25) is 4.79 Å². The summed E-state index contributed by atoms with van der Waals surface area (Å²) >= 11 is 6.03. The smallest absolute Gasteiger partial charge is 0.303 e. The molecule has 102 valence electrons. The molecule has 0 unspecified atom stereocenters. The van der Waals surface area contributed by atoms with Gasteiger partial charge in [-0.25, -0.2) is 0 Å². The normalized spacial score (nSPS) is 32.2. The third-order valence-electron chi connectivity index (χ3n) is 3.71. The number of nitrogens with one attached hydrogen (secondary N) is 1. The van der Waals surface area contributed by atoms with Crippen molar-refractivity contribution in [1.29, 1.82) is 0 Å². The van der Waals surface area contributed by atoms with E-state index in [9.17, 15) is 4.79 Å². The zero-order valence-corrected chi connectivity index (χ0v) is 11.6. The molecule has 2 heterocycles. The first-order valence-electron chi connectivity index (χ1n) is 6.43. The second-order valence-electron chi connectivity index (χ2n) is 5.12. The fourth-order valence-corrected chi connectivity index (χ4v) is 3.11. The Morgan fingerprint density at radius 2 is 2.32 bits per heavy atom. The molecule has 4 atom stereocenters. The fraction of sp³-hybridized carbons (Fsp3) is 0.500. The SMILES string of the molecule is CC(=O)O[C@H]1[C@H](C)O[C@@H]2C[C@H]1Nc1ccc(Cl)cc12. The van der Waals surface area contributed by atoms with Crippen LogP contribution in [0.25, 0.3) is 0 Å². The highest BCUT2D eigenvalue weighted by atomic mass is 35.5. The van der Waals surface area contributed by atoms with E-state index in [0.717, 1.165) is 17.7 Å². The van der Waals surface area contributed by atoms with Gasteiger partial charge in [0.05, 0.1) is 18.2 Å². The summed E-state index contributed by atoms with van der Waals surface area (Å²) < 4.78 is 11.4. The van der Waals surface area contributed by atoms with Crippen molar-refractivity contribution in [3.63, 3.8) is 0 Å². The highest BCUT2D eigenvalue weighted by molar-refractivity contribution is 6.30. The summed E-state index contributed by atoms with van der Waals surface area (Å²) in [5.41, 5.74) is 2.09. The van der Waals surface area contributed by atoms with Gasteiger partial charge in [-0.15, -0.1) is 0 Å². The lowest BCUT2D eigenvalue weighted by atomic mass is 9.87. The molecule has 0 aliphatic carbocycles. The van der Waals surface area contributed by atoms with Crippen molar-refractivity contribution in [2.24, 2.45) is 0 Å². The lowest BCUT2D eigenvalue weighted by Crippen LogP contribution is -2.52. The third kappa shape index (κ3) is 2.30. The van der Waals surface area contributed by atoms with E-state index in [2.05, 4.69) is 5.32 Å². The fourth-order valence-electron chi connectivity index (χ4n) is 2.93. The number of hydrogen-bond donors (Lipinski definition) is 1. The molecule has 1 N–H and O–H groups in total. The first-order valence-corrected chi connectivity index (χ1v) is 6.81. The van der Waals surface area contributed by atoms with Crippen LogP contribution in [-0.2, 0) is 14.3 Å². The zero-order valence-electron chi connectivity index (χ0n) is 10.9. The van der Waals surface area contributed by atoms with Crippen LogP contribution in [0.15, 0.2) is 18.2 Å². The number of ether oxygens (including phenoxy) is 2. The molecule has 3 rings (SSSR count). The molecule has 0 radical (unpaired) electrons. The maximum Gasteiger partial charge on any atom is 0.303 e. The molecule has 0 spiro atoms. The van der Waals surface area contributed by atoms with Crippen molar-refractivity contribution in [3.8, 4) is 0 Å². The Kier molecular flexibility index (Phi) is 3.15. The van der Waals surface area contributed by atoms with Gasteiger partial charge in [0.25, 0.3) is 0 Å². The van der Waals surface area contributed by atoms with E-state index in [4.69, 9.17) is 21.1 Å². The number of fused-ring (bicyclic) bond motifs is 4. The van der Waals surface area contributed by atoms with Crippen molar-refractivity contribution in [3.05, 3.63) is 28.8 Å². The van der Waals surface area contributed by atoms with Crippen molar-refractivity contribution < 1.29 is 14.3 Å². The molecule has 19 heavy (non-hydrogen) atoms. The number of rotatable bonds is 1. The van der Waals surface area contributed by atoms with Crippen LogP contribution in [-0.4, -0.2) is 24.2 Å². The lowest BCUT2D eigenvalue weighted by Gasteiger charge is -2.44. The Bertz CT molecular complexity index is 519.